The Morgan fingerprint density at radius 2 is 1.56 bits per heavy atom. The number of aryl methyl sites for hydroxylation is 1. The Hall–Kier alpha value is -2.50. The van der Waals surface area contributed by atoms with E-state index in [0.717, 1.165) is 38.3 Å². The molecule has 3 heterocycles. The van der Waals surface area contributed by atoms with Crippen LogP contribution >= 0.6 is 22.7 Å². The highest BCUT2D eigenvalue weighted by atomic mass is 32.1. The molecule has 3 aromatic heterocycles. The number of nitrogens with zero attached hydrogens (tertiary/aromatic N) is 2. The van der Waals surface area contributed by atoms with E-state index in [-0.39, 0.29) is 0 Å². The summed E-state index contributed by atoms with van der Waals surface area (Å²) >= 11 is 3.30. The van der Waals surface area contributed by atoms with Crippen molar-refractivity contribution in [3.8, 4) is 27.0 Å². The second-order valence-electron chi connectivity index (χ2n) is 5.54. The fraction of sp³-hybridized carbons (Fsp3) is 0.100. The second-order valence-corrected chi connectivity index (χ2v) is 7.43. The molecule has 124 valence electrons. The largest absolute Gasteiger partial charge is 0.485 e. The summed E-state index contributed by atoms with van der Waals surface area (Å²) < 4.78 is 6.14. The average molecular weight is 364 g/mol. The van der Waals surface area contributed by atoms with Crippen molar-refractivity contribution in [2.24, 2.45) is 0 Å². The van der Waals surface area contributed by atoms with E-state index < -0.39 is 0 Å². The molecule has 0 unspecified atom stereocenters. The maximum absolute atomic E-state index is 6.14. The topological polar surface area (TPSA) is 35.0 Å². The first-order valence-electron chi connectivity index (χ1n) is 7.94. The zero-order chi connectivity index (χ0) is 17.1. The average Bonchev–Trinajstić information content (AvgIpc) is 3.35. The van der Waals surface area contributed by atoms with Gasteiger partial charge in [0.25, 0.3) is 0 Å². The van der Waals surface area contributed by atoms with E-state index in [2.05, 4.69) is 28.6 Å². The lowest BCUT2D eigenvalue weighted by atomic mass is 10.2. The molecule has 0 aliphatic carbocycles. The van der Waals surface area contributed by atoms with Crippen LogP contribution in [0.1, 0.15) is 11.3 Å². The molecule has 0 fully saturated rings. The van der Waals surface area contributed by atoms with Crippen molar-refractivity contribution in [2.45, 2.75) is 13.5 Å². The van der Waals surface area contributed by atoms with E-state index in [4.69, 9.17) is 9.72 Å². The molecule has 1 aromatic carbocycles. The molecule has 0 spiro atoms. The van der Waals surface area contributed by atoms with Crippen LogP contribution < -0.4 is 4.74 Å². The summed E-state index contributed by atoms with van der Waals surface area (Å²) in [6.45, 7) is 2.48. The highest BCUT2D eigenvalue weighted by Crippen LogP contribution is 2.36. The van der Waals surface area contributed by atoms with Gasteiger partial charge in [-0.05, 0) is 35.4 Å². The smallest absolute Gasteiger partial charge is 0.170 e. The minimum atomic E-state index is 0.502. The van der Waals surface area contributed by atoms with Crippen LogP contribution in [0.25, 0.3) is 21.3 Å². The monoisotopic (exact) mass is 364 g/mol. The first kappa shape index (κ1) is 16.0. The molecule has 0 saturated carbocycles. The first-order valence-corrected chi connectivity index (χ1v) is 9.70. The minimum Gasteiger partial charge on any atom is -0.485 e. The number of ether oxygens (including phenoxy) is 1. The number of rotatable bonds is 5. The number of aromatic nitrogens is 2. The normalized spacial score (nSPS) is 10.8. The van der Waals surface area contributed by atoms with E-state index in [1.807, 2.05) is 48.7 Å². The van der Waals surface area contributed by atoms with Gasteiger partial charge in [-0.25, -0.2) is 9.97 Å². The van der Waals surface area contributed by atoms with Crippen LogP contribution in [0.2, 0.25) is 0 Å². The quantitative estimate of drug-likeness (QED) is 0.447. The lowest BCUT2D eigenvalue weighted by Gasteiger charge is -2.13. The Labute approximate surface area is 154 Å². The van der Waals surface area contributed by atoms with Gasteiger partial charge in [-0.1, -0.05) is 42.5 Å². The van der Waals surface area contributed by atoms with Crippen molar-refractivity contribution in [2.75, 3.05) is 0 Å². The van der Waals surface area contributed by atoms with Crippen molar-refractivity contribution in [1.29, 1.82) is 0 Å². The van der Waals surface area contributed by atoms with Gasteiger partial charge in [0.05, 0.1) is 15.4 Å². The van der Waals surface area contributed by atoms with Gasteiger partial charge in [0.2, 0.25) is 0 Å². The van der Waals surface area contributed by atoms with E-state index >= 15 is 0 Å². The van der Waals surface area contributed by atoms with E-state index in [9.17, 15) is 0 Å². The highest BCUT2D eigenvalue weighted by molar-refractivity contribution is 7.13. The maximum Gasteiger partial charge on any atom is 0.170 e. The Morgan fingerprint density at radius 1 is 0.840 bits per heavy atom. The van der Waals surface area contributed by atoms with Gasteiger partial charge >= 0.3 is 0 Å². The zero-order valence-corrected chi connectivity index (χ0v) is 15.3. The van der Waals surface area contributed by atoms with Gasteiger partial charge in [-0.3, -0.25) is 0 Å². The molecule has 0 aliphatic heterocycles. The van der Waals surface area contributed by atoms with Crippen molar-refractivity contribution in [1.82, 2.24) is 9.97 Å². The summed E-state index contributed by atoms with van der Waals surface area (Å²) in [6, 6.07) is 18.3. The third-order valence-corrected chi connectivity index (χ3v) is 5.50. The maximum atomic E-state index is 6.14. The molecular formula is C20H16N2OS2. The lowest BCUT2D eigenvalue weighted by Crippen LogP contribution is -2.03. The lowest BCUT2D eigenvalue weighted by molar-refractivity contribution is 0.303. The molecule has 4 aromatic rings. The standard InChI is InChI=1S/C20H16N2OS2/c1-14-19(23-13-15-7-3-2-4-8-15)18(16-9-5-11-24-16)22-20(21-14)17-10-6-12-25-17/h2-12H,13H2,1H3. The van der Waals surface area contributed by atoms with Crippen LogP contribution in [0.15, 0.2) is 65.4 Å². The zero-order valence-electron chi connectivity index (χ0n) is 13.7. The van der Waals surface area contributed by atoms with Crippen LogP contribution in [0.3, 0.4) is 0 Å². The summed E-state index contributed by atoms with van der Waals surface area (Å²) in [4.78, 5) is 11.6. The molecule has 0 bridgehead atoms. The first-order chi connectivity index (χ1) is 12.3. The number of thiophene rings is 2. The number of hydrogen-bond acceptors (Lipinski definition) is 5. The highest BCUT2D eigenvalue weighted by Gasteiger charge is 2.17. The molecule has 0 N–H and O–H groups in total. The molecule has 25 heavy (non-hydrogen) atoms. The third-order valence-electron chi connectivity index (χ3n) is 3.76. The molecule has 4 rings (SSSR count). The fourth-order valence-corrected chi connectivity index (χ4v) is 3.93. The van der Waals surface area contributed by atoms with E-state index in [0.29, 0.717) is 6.61 Å². The predicted octanol–water partition coefficient (Wildman–Crippen LogP) is 5.82. The van der Waals surface area contributed by atoms with Gasteiger partial charge in [0.1, 0.15) is 12.3 Å². The summed E-state index contributed by atoms with van der Waals surface area (Å²) in [5.41, 5.74) is 2.85. The minimum absolute atomic E-state index is 0.502. The van der Waals surface area contributed by atoms with Gasteiger partial charge in [-0.2, -0.15) is 0 Å². The molecule has 0 atom stereocenters. The molecule has 3 nitrogen and oxygen atoms in total. The number of hydrogen-bond donors (Lipinski definition) is 0. The summed E-state index contributed by atoms with van der Waals surface area (Å²) in [5, 5.41) is 4.09. The van der Waals surface area contributed by atoms with Gasteiger partial charge in [0, 0.05) is 0 Å². The predicted molar refractivity (Wildman–Crippen MR) is 104 cm³/mol. The summed E-state index contributed by atoms with van der Waals surface area (Å²) in [7, 11) is 0. The molecule has 0 saturated heterocycles. The van der Waals surface area contributed by atoms with Gasteiger partial charge in [-0.15, -0.1) is 22.7 Å². The van der Waals surface area contributed by atoms with Crippen molar-refractivity contribution >= 4 is 22.7 Å². The summed E-state index contributed by atoms with van der Waals surface area (Å²) in [6.07, 6.45) is 0. The Kier molecular flexibility index (Phi) is 4.59. The van der Waals surface area contributed by atoms with Crippen LogP contribution in [-0.2, 0) is 6.61 Å². The molecule has 5 heteroatoms. The van der Waals surface area contributed by atoms with Crippen LogP contribution in [-0.4, -0.2) is 9.97 Å². The van der Waals surface area contributed by atoms with Gasteiger partial charge < -0.3 is 4.74 Å². The summed E-state index contributed by atoms with van der Waals surface area (Å²) in [5.74, 6) is 1.51. The van der Waals surface area contributed by atoms with Crippen LogP contribution in [0.5, 0.6) is 5.75 Å². The molecule has 0 radical (unpaired) electrons. The van der Waals surface area contributed by atoms with Crippen LogP contribution in [0, 0.1) is 6.92 Å². The third kappa shape index (κ3) is 3.48. The van der Waals surface area contributed by atoms with Crippen molar-refractivity contribution in [3.05, 3.63) is 76.6 Å². The Bertz CT molecular complexity index is 949. The van der Waals surface area contributed by atoms with Crippen molar-refractivity contribution < 1.29 is 4.74 Å². The number of benzene rings is 1. The van der Waals surface area contributed by atoms with Gasteiger partial charge in [0.15, 0.2) is 11.6 Å². The Balaban J connectivity index is 1.74. The fourth-order valence-electron chi connectivity index (χ4n) is 2.56. The van der Waals surface area contributed by atoms with E-state index in [1.165, 1.54) is 0 Å². The van der Waals surface area contributed by atoms with E-state index in [1.54, 1.807) is 22.7 Å². The van der Waals surface area contributed by atoms with Crippen LogP contribution in [0.4, 0.5) is 0 Å². The second kappa shape index (κ2) is 7.17. The SMILES string of the molecule is Cc1nc(-c2cccs2)nc(-c2cccs2)c1OCc1ccccc1. The molecule has 0 amide bonds. The Morgan fingerprint density at radius 3 is 2.24 bits per heavy atom. The molecule has 0 aliphatic rings. The molecular weight excluding hydrogens is 348 g/mol. The van der Waals surface area contributed by atoms with Crippen molar-refractivity contribution in [3.63, 3.8) is 0 Å².